The predicted molar refractivity (Wildman–Crippen MR) is 94.5 cm³/mol. The zero-order chi connectivity index (χ0) is 16.5. The van der Waals surface area contributed by atoms with Crippen molar-refractivity contribution < 1.29 is 4.79 Å². The molecule has 0 radical (unpaired) electrons. The minimum absolute atomic E-state index is 0.133. The number of H-pyrrole nitrogens is 1. The smallest absolute Gasteiger partial charge is 0.320 e. The molecule has 0 atom stereocenters. The topological polar surface area (TPSA) is 73.4 Å². The summed E-state index contributed by atoms with van der Waals surface area (Å²) in [6.45, 7) is 1.83. The van der Waals surface area contributed by atoms with Crippen molar-refractivity contribution in [2.75, 3.05) is 18.4 Å². The first-order valence-electron chi connectivity index (χ1n) is 7.77. The third-order valence-corrected chi connectivity index (χ3v) is 4.48. The van der Waals surface area contributed by atoms with E-state index in [1.807, 2.05) is 18.2 Å². The van der Waals surface area contributed by atoms with E-state index in [-0.39, 0.29) is 6.03 Å². The Morgan fingerprint density at radius 3 is 3.08 bits per heavy atom. The minimum Gasteiger partial charge on any atom is -0.320 e. The van der Waals surface area contributed by atoms with Gasteiger partial charge < -0.3 is 10.2 Å². The molecule has 2 aromatic rings. The lowest BCUT2D eigenvalue weighted by molar-refractivity contribution is 0.206. The van der Waals surface area contributed by atoms with E-state index in [1.54, 1.807) is 23.2 Å². The Balaban J connectivity index is 1.51. The lowest BCUT2D eigenvalue weighted by Crippen LogP contribution is -2.39. The highest BCUT2D eigenvalue weighted by Gasteiger charge is 2.26. The number of carbonyl (C=O) groups excluding carboxylic acids is 1. The molecule has 1 aromatic carbocycles. The number of urea groups is 1. The van der Waals surface area contributed by atoms with Gasteiger partial charge in [-0.05, 0) is 24.3 Å². The van der Waals surface area contributed by atoms with Crippen LogP contribution >= 0.6 is 11.6 Å². The molecule has 1 aromatic heterocycles. The van der Waals surface area contributed by atoms with Gasteiger partial charge in [0.05, 0.1) is 18.8 Å². The van der Waals surface area contributed by atoms with E-state index in [9.17, 15) is 4.79 Å². The van der Waals surface area contributed by atoms with Crippen LogP contribution in [0.15, 0.2) is 35.3 Å². The number of halogens is 1. The number of aliphatic imine (C=N–C) groups is 1. The van der Waals surface area contributed by atoms with Crippen molar-refractivity contribution in [2.45, 2.75) is 13.0 Å². The van der Waals surface area contributed by atoms with E-state index in [0.717, 1.165) is 28.9 Å². The maximum Gasteiger partial charge on any atom is 0.322 e. The van der Waals surface area contributed by atoms with Crippen molar-refractivity contribution >= 4 is 35.1 Å². The quantitative estimate of drug-likeness (QED) is 0.880. The average molecular weight is 342 g/mol. The summed E-state index contributed by atoms with van der Waals surface area (Å²) in [4.78, 5) is 18.5. The highest BCUT2D eigenvalue weighted by Crippen LogP contribution is 2.27. The summed E-state index contributed by atoms with van der Waals surface area (Å²) < 4.78 is 0. The highest BCUT2D eigenvalue weighted by molar-refractivity contribution is 6.30. The summed E-state index contributed by atoms with van der Waals surface area (Å²) in [6, 6.07) is 7.01. The van der Waals surface area contributed by atoms with Gasteiger partial charge in [-0.25, -0.2) is 4.79 Å². The van der Waals surface area contributed by atoms with E-state index in [2.05, 4.69) is 20.5 Å². The maximum atomic E-state index is 12.5. The van der Waals surface area contributed by atoms with Crippen molar-refractivity contribution in [2.24, 2.45) is 4.99 Å². The van der Waals surface area contributed by atoms with Gasteiger partial charge in [-0.3, -0.25) is 10.1 Å². The van der Waals surface area contributed by atoms with Crippen molar-refractivity contribution in [3.63, 3.8) is 0 Å². The summed E-state index contributed by atoms with van der Waals surface area (Å²) in [7, 11) is 0. The number of rotatable bonds is 2. The fourth-order valence-electron chi connectivity index (χ4n) is 3.00. The SMILES string of the molecule is O=C(Nc1cccc(Cl)c1)N1CCc2[nH]nc(C3=CC=NC3)c2C1. The second-order valence-corrected chi connectivity index (χ2v) is 6.26. The van der Waals surface area contributed by atoms with Gasteiger partial charge in [-0.15, -0.1) is 0 Å². The Kier molecular flexibility index (Phi) is 3.82. The second-order valence-electron chi connectivity index (χ2n) is 5.82. The lowest BCUT2D eigenvalue weighted by atomic mass is 10.0. The summed E-state index contributed by atoms with van der Waals surface area (Å²) in [6.07, 6.45) is 4.53. The van der Waals surface area contributed by atoms with Gasteiger partial charge in [-0.1, -0.05) is 17.7 Å². The molecule has 122 valence electrons. The molecule has 2 amide bonds. The first-order chi connectivity index (χ1) is 11.7. The van der Waals surface area contributed by atoms with E-state index >= 15 is 0 Å². The Hall–Kier alpha value is -2.60. The van der Waals surface area contributed by atoms with Crippen LogP contribution in [0.2, 0.25) is 5.02 Å². The molecule has 0 unspecified atom stereocenters. The van der Waals surface area contributed by atoms with Crippen LogP contribution in [-0.4, -0.2) is 40.4 Å². The number of carbonyl (C=O) groups is 1. The van der Waals surface area contributed by atoms with E-state index < -0.39 is 0 Å². The van der Waals surface area contributed by atoms with Crippen LogP contribution in [-0.2, 0) is 13.0 Å². The van der Waals surface area contributed by atoms with Crippen molar-refractivity contribution in [1.82, 2.24) is 15.1 Å². The molecule has 7 heteroatoms. The molecule has 3 heterocycles. The van der Waals surface area contributed by atoms with Gasteiger partial charge in [-0.2, -0.15) is 5.10 Å². The first-order valence-corrected chi connectivity index (χ1v) is 8.15. The molecular weight excluding hydrogens is 326 g/mol. The highest BCUT2D eigenvalue weighted by atomic mass is 35.5. The van der Waals surface area contributed by atoms with Crippen LogP contribution in [0.1, 0.15) is 17.0 Å². The van der Waals surface area contributed by atoms with Crippen molar-refractivity contribution in [1.29, 1.82) is 0 Å². The van der Waals surface area contributed by atoms with Gasteiger partial charge in [0.2, 0.25) is 0 Å². The molecule has 0 saturated carbocycles. The number of anilines is 1. The Morgan fingerprint density at radius 1 is 1.38 bits per heavy atom. The number of nitrogens with zero attached hydrogens (tertiary/aromatic N) is 3. The van der Waals surface area contributed by atoms with Crippen LogP contribution in [0.5, 0.6) is 0 Å². The van der Waals surface area contributed by atoms with Gasteiger partial charge in [0.25, 0.3) is 0 Å². The zero-order valence-electron chi connectivity index (χ0n) is 12.9. The van der Waals surface area contributed by atoms with Crippen LogP contribution in [0.25, 0.3) is 5.57 Å². The van der Waals surface area contributed by atoms with Gasteiger partial charge in [0, 0.05) is 46.7 Å². The summed E-state index contributed by atoms with van der Waals surface area (Å²) in [5, 5.41) is 11.0. The average Bonchev–Trinajstić information content (AvgIpc) is 3.23. The predicted octanol–water partition coefficient (Wildman–Crippen LogP) is 3.12. The Morgan fingerprint density at radius 2 is 2.29 bits per heavy atom. The molecule has 24 heavy (non-hydrogen) atoms. The number of amides is 2. The van der Waals surface area contributed by atoms with Crippen LogP contribution in [0, 0.1) is 0 Å². The van der Waals surface area contributed by atoms with Crippen molar-refractivity contribution in [3.8, 4) is 0 Å². The number of allylic oxidation sites excluding steroid dienone is 1. The van der Waals surface area contributed by atoms with Crippen molar-refractivity contribution in [3.05, 3.63) is 52.3 Å². The molecule has 2 N–H and O–H groups in total. The number of hydrogen-bond donors (Lipinski definition) is 2. The fraction of sp³-hybridized carbons (Fsp3) is 0.235. The third-order valence-electron chi connectivity index (χ3n) is 4.24. The molecule has 4 rings (SSSR count). The Labute approximate surface area is 144 Å². The van der Waals surface area contributed by atoms with Gasteiger partial charge in [0.1, 0.15) is 0 Å². The molecule has 2 aliphatic rings. The number of aromatic nitrogens is 2. The largest absolute Gasteiger partial charge is 0.322 e. The number of aromatic amines is 1. The molecule has 0 fully saturated rings. The standard InChI is InChI=1S/C17H16ClN5O/c18-12-2-1-3-13(8-12)20-17(24)23-7-5-15-14(10-23)16(22-21-15)11-4-6-19-9-11/h1-4,6,8H,5,7,9-10H2,(H,20,24)(H,21,22). The van der Waals surface area contributed by atoms with Crippen LogP contribution in [0.3, 0.4) is 0 Å². The maximum absolute atomic E-state index is 12.5. The fourth-order valence-corrected chi connectivity index (χ4v) is 3.19. The molecule has 0 saturated heterocycles. The minimum atomic E-state index is -0.133. The van der Waals surface area contributed by atoms with Gasteiger partial charge in [0.15, 0.2) is 0 Å². The number of benzene rings is 1. The third kappa shape index (κ3) is 2.80. The number of nitrogens with one attached hydrogen (secondary N) is 2. The lowest BCUT2D eigenvalue weighted by Gasteiger charge is -2.27. The van der Waals surface area contributed by atoms with E-state index in [4.69, 9.17) is 11.6 Å². The van der Waals surface area contributed by atoms with E-state index in [0.29, 0.717) is 30.3 Å². The zero-order valence-corrected chi connectivity index (χ0v) is 13.7. The molecular formula is C17H16ClN5O. The number of hydrogen-bond acceptors (Lipinski definition) is 3. The summed E-state index contributed by atoms with van der Waals surface area (Å²) in [5.74, 6) is 0. The normalized spacial score (nSPS) is 16.0. The first kappa shape index (κ1) is 15.0. The summed E-state index contributed by atoms with van der Waals surface area (Å²) in [5.41, 5.74) is 4.88. The molecule has 0 spiro atoms. The van der Waals surface area contributed by atoms with Crippen LogP contribution in [0.4, 0.5) is 10.5 Å². The Bertz CT molecular complexity index is 854. The molecule has 0 aliphatic carbocycles. The number of fused-ring (bicyclic) bond motifs is 1. The van der Waals surface area contributed by atoms with E-state index in [1.165, 1.54) is 0 Å². The monoisotopic (exact) mass is 341 g/mol. The second kappa shape index (κ2) is 6.13. The summed E-state index contributed by atoms with van der Waals surface area (Å²) >= 11 is 5.96. The van der Waals surface area contributed by atoms with Gasteiger partial charge >= 0.3 is 6.03 Å². The molecule has 6 nitrogen and oxygen atoms in total. The molecule has 0 bridgehead atoms. The van der Waals surface area contributed by atoms with Crippen LogP contribution < -0.4 is 5.32 Å². The molecule has 2 aliphatic heterocycles.